The second kappa shape index (κ2) is 5.84. The van der Waals surface area contributed by atoms with Crippen LogP contribution in [0.1, 0.15) is 19.3 Å². The smallest absolute Gasteiger partial charge is 0.243 e. The molecule has 1 heterocycles. The Morgan fingerprint density at radius 3 is 2.17 bits per heavy atom. The maximum atomic E-state index is 12.8. The zero-order valence-electron chi connectivity index (χ0n) is 13.1. The van der Waals surface area contributed by atoms with E-state index in [-0.39, 0.29) is 21.8 Å². The lowest BCUT2D eigenvalue weighted by molar-refractivity contribution is 0.260. The van der Waals surface area contributed by atoms with Gasteiger partial charge in [-0.15, -0.1) is 0 Å². The first-order chi connectivity index (χ1) is 10.7. The second-order valence-electron chi connectivity index (χ2n) is 6.58. The lowest BCUT2D eigenvalue weighted by Gasteiger charge is -2.29. The average molecular weight is 358 g/mol. The minimum absolute atomic E-state index is 0.0709. The molecule has 0 spiro atoms. The quantitative estimate of drug-likeness (QED) is 0.863. The Labute approximate surface area is 137 Å². The molecular weight excluding hydrogens is 336 g/mol. The van der Waals surface area contributed by atoms with Crippen molar-refractivity contribution >= 4 is 19.9 Å². The van der Waals surface area contributed by atoms with E-state index in [9.17, 15) is 16.8 Å². The van der Waals surface area contributed by atoms with Gasteiger partial charge in [0.15, 0.2) is 9.84 Å². The monoisotopic (exact) mass is 358 g/mol. The van der Waals surface area contributed by atoms with E-state index in [2.05, 4.69) is 0 Å². The van der Waals surface area contributed by atoms with Crippen molar-refractivity contribution in [2.45, 2.75) is 35.1 Å². The van der Waals surface area contributed by atoms with Crippen molar-refractivity contribution in [2.75, 3.05) is 19.3 Å². The SMILES string of the molecule is CS(=O)(=O)c1ccc(S(=O)(=O)N2CC3CCCC(N)C3C2)cc1. The molecule has 3 rings (SSSR count). The fourth-order valence-corrected chi connectivity index (χ4v) is 5.84. The van der Waals surface area contributed by atoms with Crippen LogP contribution in [-0.2, 0) is 19.9 Å². The lowest BCUT2D eigenvalue weighted by Crippen LogP contribution is -2.38. The molecular formula is C15H22N2O4S2. The maximum absolute atomic E-state index is 12.8. The molecule has 8 heteroatoms. The zero-order valence-corrected chi connectivity index (χ0v) is 14.7. The molecule has 6 nitrogen and oxygen atoms in total. The molecule has 128 valence electrons. The van der Waals surface area contributed by atoms with Gasteiger partial charge in [0.1, 0.15) is 0 Å². The number of benzene rings is 1. The molecule has 3 atom stereocenters. The Morgan fingerprint density at radius 1 is 1.00 bits per heavy atom. The number of fused-ring (bicyclic) bond motifs is 1. The Hall–Kier alpha value is -0.960. The van der Waals surface area contributed by atoms with Gasteiger partial charge in [-0.2, -0.15) is 4.31 Å². The fourth-order valence-electron chi connectivity index (χ4n) is 3.68. The van der Waals surface area contributed by atoms with Crippen molar-refractivity contribution in [1.82, 2.24) is 4.31 Å². The molecule has 0 aromatic heterocycles. The highest BCUT2D eigenvalue weighted by molar-refractivity contribution is 7.90. The lowest BCUT2D eigenvalue weighted by atomic mass is 9.78. The van der Waals surface area contributed by atoms with Crippen LogP contribution < -0.4 is 5.73 Å². The number of nitrogens with zero attached hydrogens (tertiary/aromatic N) is 1. The first-order valence-electron chi connectivity index (χ1n) is 7.75. The molecule has 1 aromatic rings. The van der Waals surface area contributed by atoms with E-state index in [4.69, 9.17) is 5.73 Å². The molecule has 0 bridgehead atoms. The van der Waals surface area contributed by atoms with Crippen LogP contribution >= 0.6 is 0 Å². The highest BCUT2D eigenvalue weighted by atomic mass is 32.2. The van der Waals surface area contributed by atoms with Crippen LogP contribution in [0.3, 0.4) is 0 Å². The molecule has 2 fully saturated rings. The third-order valence-corrected chi connectivity index (χ3v) is 7.98. The van der Waals surface area contributed by atoms with Crippen LogP contribution in [0.25, 0.3) is 0 Å². The summed E-state index contributed by atoms with van der Waals surface area (Å²) in [6.45, 7) is 0.969. The highest BCUT2D eigenvalue weighted by Gasteiger charge is 2.43. The number of sulfonamides is 1. The summed E-state index contributed by atoms with van der Waals surface area (Å²) in [7, 11) is -6.93. The average Bonchev–Trinajstić information content (AvgIpc) is 2.93. The Balaban J connectivity index is 1.85. The third-order valence-electron chi connectivity index (χ3n) is 5.01. The van der Waals surface area contributed by atoms with Crippen LogP contribution in [0.2, 0.25) is 0 Å². The first-order valence-corrected chi connectivity index (χ1v) is 11.1. The van der Waals surface area contributed by atoms with Gasteiger partial charge in [-0.05, 0) is 48.9 Å². The van der Waals surface area contributed by atoms with E-state index >= 15 is 0 Å². The van der Waals surface area contributed by atoms with Gasteiger partial charge in [0.05, 0.1) is 9.79 Å². The first kappa shape index (κ1) is 16.9. The van der Waals surface area contributed by atoms with Gasteiger partial charge in [0.2, 0.25) is 10.0 Å². The standard InChI is InChI=1S/C15H22N2O4S2/c1-22(18,19)12-5-7-13(8-6-12)23(20,21)17-9-11-3-2-4-15(16)14(11)10-17/h5-8,11,14-15H,2-4,9-10,16H2,1H3. The van der Waals surface area contributed by atoms with Crippen LogP contribution in [0.4, 0.5) is 0 Å². The highest BCUT2D eigenvalue weighted by Crippen LogP contribution is 2.37. The molecule has 1 aliphatic heterocycles. The summed E-state index contributed by atoms with van der Waals surface area (Å²) in [5.74, 6) is 0.567. The zero-order chi connectivity index (χ0) is 16.8. The minimum atomic E-state index is -3.60. The molecule has 0 amide bonds. The summed E-state index contributed by atoms with van der Waals surface area (Å²) < 4.78 is 50.0. The summed E-state index contributed by atoms with van der Waals surface area (Å²) in [6.07, 6.45) is 4.14. The van der Waals surface area contributed by atoms with Crippen molar-refractivity contribution in [3.63, 3.8) is 0 Å². The van der Waals surface area contributed by atoms with Crippen LogP contribution in [0.5, 0.6) is 0 Å². The summed E-state index contributed by atoms with van der Waals surface area (Å²) in [4.78, 5) is 0.255. The van der Waals surface area contributed by atoms with Crippen LogP contribution in [0.15, 0.2) is 34.1 Å². The summed E-state index contributed by atoms with van der Waals surface area (Å²) in [5.41, 5.74) is 6.14. The van der Waals surface area contributed by atoms with E-state index < -0.39 is 19.9 Å². The number of hydrogen-bond acceptors (Lipinski definition) is 5. The largest absolute Gasteiger partial charge is 0.327 e. The topological polar surface area (TPSA) is 97.5 Å². The van der Waals surface area contributed by atoms with Crippen molar-refractivity contribution in [1.29, 1.82) is 0 Å². The number of sulfone groups is 1. The van der Waals surface area contributed by atoms with E-state index in [1.54, 1.807) is 0 Å². The van der Waals surface area contributed by atoms with Gasteiger partial charge in [0.25, 0.3) is 0 Å². The summed E-state index contributed by atoms with van der Waals surface area (Å²) >= 11 is 0. The molecule has 23 heavy (non-hydrogen) atoms. The predicted molar refractivity (Wildman–Crippen MR) is 87.1 cm³/mol. The molecule has 2 aliphatic rings. The van der Waals surface area contributed by atoms with Crippen molar-refractivity contribution in [2.24, 2.45) is 17.6 Å². The number of nitrogens with two attached hydrogens (primary N) is 1. The Kier molecular flexibility index (Phi) is 4.29. The number of rotatable bonds is 3. The van der Waals surface area contributed by atoms with E-state index in [0.717, 1.165) is 25.5 Å². The van der Waals surface area contributed by atoms with Crippen LogP contribution in [-0.4, -0.2) is 46.5 Å². The number of hydrogen-bond donors (Lipinski definition) is 1. The fraction of sp³-hybridized carbons (Fsp3) is 0.600. The molecule has 0 radical (unpaired) electrons. The molecule has 1 aliphatic carbocycles. The Bertz CT molecular complexity index is 787. The molecule has 1 saturated carbocycles. The van der Waals surface area contributed by atoms with Gasteiger partial charge in [0, 0.05) is 25.4 Å². The van der Waals surface area contributed by atoms with E-state index in [1.807, 2.05) is 0 Å². The van der Waals surface area contributed by atoms with Gasteiger partial charge < -0.3 is 5.73 Å². The molecule has 1 saturated heterocycles. The van der Waals surface area contributed by atoms with Crippen LogP contribution in [0, 0.1) is 11.8 Å². The van der Waals surface area contributed by atoms with Gasteiger partial charge >= 0.3 is 0 Å². The Morgan fingerprint density at radius 2 is 1.61 bits per heavy atom. The van der Waals surface area contributed by atoms with E-state index in [1.165, 1.54) is 28.6 Å². The molecule has 2 N–H and O–H groups in total. The molecule has 1 aromatic carbocycles. The normalized spacial score (nSPS) is 29.4. The van der Waals surface area contributed by atoms with Gasteiger partial charge in [-0.25, -0.2) is 16.8 Å². The molecule has 3 unspecified atom stereocenters. The predicted octanol–water partition coefficient (Wildman–Crippen LogP) is 0.838. The van der Waals surface area contributed by atoms with Crippen molar-refractivity contribution in [3.8, 4) is 0 Å². The summed E-state index contributed by atoms with van der Waals surface area (Å²) in [5, 5.41) is 0. The van der Waals surface area contributed by atoms with Crippen molar-refractivity contribution in [3.05, 3.63) is 24.3 Å². The van der Waals surface area contributed by atoms with Gasteiger partial charge in [-0.1, -0.05) is 6.42 Å². The minimum Gasteiger partial charge on any atom is -0.327 e. The maximum Gasteiger partial charge on any atom is 0.243 e. The second-order valence-corrected chi connectivity index (χ2v) is 10.5. The summed E-state index contributed by atoms with van der Waals surface area (Å²) in [6, 6.07) is 5.50. The third kappa shape index (κ3) is 3.17. The van der Waals surface area contributed by atoms with E-state index in [0.29, 0.717) is 19.0 Å². The van der Waals surface area contributed by atoms with Gasteiger partial charge in [-0.3, -0.25) is 0 Å². The van der Waals surface area contributed by atoms with Crippen molar-refractivity contribution < 1.29 is 16.8 Å².